The molecular weight excluding hydrogens is 272 g/mol. The molecule has 114 valence electrons. The van der Waals surface area contributed by atoms with Crippen LogP contribution >= 0.6 is 0 Å². The molecule has 0 spiro atoms. The summed E-state index contributed by atoms with van der Waals surface area (Å²) in [5.41, 5.74) is 0.778. The number of hydrogen-bond acceptors (Lipinski definition) is 4. The van der Waals surface area contributed by atoms with E-state index in [9.17, 15) is 20.0 Å². The van der Waals surface area contributed by atoms with Gasteiger partial charge < -0.3 is 10.0 Å². The smallest absolute Gasteiger partial charge is 0.269 e. The summed E-state index contributed by atoms with van der Waals surface area (Å²) in [7, 11) is 0. The molecule has 6 nitrogen and oxygen atoms in total. The average Bonchev–Trinajstić information content (AvgIpc) is 2.72. The molecule has 1 amide bonds. The number of amides is 1. The van der Waals surface area contributed by atoms with Crippen molar-refractivity contribution in [2.45, 2.75) is 38.1 Å². The van der Waals surface area contributed by atoms with Gasteiger partial charge in [0.05, 0.1) is 24.0 Å². The fraction of sp³-hybridized carbons (Fsp3) is 0.533. The van der Waals surface area contributed by atoms with Gasteiger partial charge >= 0.3 is 0 Å². The van der Waals surface area contributed by atoms with E-state index >= 15 is 0 Å². The van der Waals surface area contributed by atoms with E-state index in [1.807, 2.05) is 0 Å². The largest absolute Gasteiger partial charge is 0.394 e. The molecule has 1 N–H and O–H groups in total. The first-order valence-corrected chi connectivity index (χ1v) is 7.25. The normalized spacial score (nSPS) is 19.1. The Morgan fingerprint density at radius 3 is 2.62 bits per heavy atom. The summed E-state index contributed by atoms with van der Waals surface area (Å²) in [4.78, 5) is 24.3. The second-order valence-electron chi connectivity index (χ2n) is 5.37. The maximum atomic E-state index is 12.4. The highest BCUT2D eigenvalue weighted by Crippen LogP contribution is 2.19. The first-order valence-electron chi connectivity index (χ1n) is 7.25. The van der Waals surface area contributed by atoms with Gasteiger partial charge in [0, 0.05) is 18.7 Å². The van der Waals surface area contributed by atoms with Crippen molar-refractivity contribution in [2.24, 2.45) is 0 Å². The van der Waals surface area contributed by atoms with Crippen molar-refractivity contribution in [1.82, 2.24) is 4.90 Å². The van der Waals surface area contributed by atoms with Gasteiger partial charge in [-0.25, -0.2) is 0 Å². The van der Waals surface area contributed by atoms with Crippen LogP contribution in [-0.2, 0) is 11.2 Å². The lowest BCUT2D eigenvalue weighted by Crippen LogP contribution is -2.42. The molecule has 2 rings (SSSR count). The number of carbonyl (C=O) groups excluding carboxylic acids is 1. The van der Waals surface area contributed by atoms with Crippen molar-refractivity contribution in [3.8, 4) is 0 Å². The van der Waals surface area contributed by atoms with Crippen LogP contribution in [0.1, 0.15) is 31.2 Å². The lowest BCUT2D eigenvalue weighted by molar-refractivity contribution is -0.384. The molecule has 1 atom stereocenters. The van der Waals surface area contributed by atoms with Crippen molar-refractivity contribution in [1.29, 1.82) is 0 Å². The number of carbonyl (C=O) groups is 1. The summed E-state index contributed by atoms with van der Waals surface area (Å²) in [6.45, 7) is 0.670. The lowest BCUT2D eigenvalue weighted by atomic mass is 10.1. The Hall–Kier alpha value is -1.95. The fourth-order valence-corrected chi connectivity index (χ4v) is 2.71. The minimum absolute atomic E-state index is 0.00794. The lowest BCUT2D eigenvalue weighted by Gasteiger charge is -2.28. The number of hydrogen-bond donors (Lipinski definition) is 1. The Kier molecular flexibility index (Phi) is 5.27. The Morgan fingerprint density at radius 2 is 2.00 bits per heavy atom. The second kappa shape index (κ2) is 7.17. The van der Waals surface area contributed by atoms with E-state index in [4.69, 9.17) is 0 Å². The summed E-state index contributed by atoms with van der Waals surface area (Å²) in [5.74, 6) is -0.0233. The monoisotopic (exact) mass is 292 g/mol. The molecule has 21 heavy (non-hydrogen) atoms. The molecule has 1 aromatic carbocycles. The maximum Gasteiger partial charge on any atom is 0.269 e. The van der Waals surface area contributed by atoms with Gasteiger partial charge in [0.25, 0.3) is 5.69 Å². The number of aliphatic hydroxyl groups excluding tert-OH is 1. The number of likely N-dealkylation sites (tertiary alicyclic amines) is 1. The summed E-state index contributed by atoms with van der Waals surface area (Å²) in [6.07, 6.45) is 4.13. The quantitative estimate of drug-likeness (QED) is 0.678. The van der Waals surface area contributed by atoms with Crippen molar-refractivity contribution < 1.29 is 14.8 Å². The SMILES string of the molecule is O=C(Cc1ccc([N+](=O)[O-])cc1)N1CCCCCC1CO. The fourth-order valence-electron chi connectivity index (χ4n) is 2.71. The predicted molar refractivity (Wildman–Crippen MR) is 77.9 cm³/mol. The molecule has 0 aliphatic carbocycles. The zero-order valence-corrected chi connectivity index (χ0v) is 11.9. The highest BCUT2D eigenvalue weighted by Gasteiger charge is 2.24. The Labute approximate surface area is 123 Å². The van der Waals surface area contributed by atoms with Gasteiger partial charge in [0.2, 0.25) is 5.91 Å². The van der Waals surface area contributed by atoms with E-state index in [1.165, 1.54) is 12.1 Å². The first kappa shape index (κ1) is 15.4. The van der Waals surface area contributed by atoms with Crippen molar-refractivity contribution in [2.75, 3.05) is 13.2 Å². The van der Waals surface area contributed by atoms with E-state index in [1.54, 1.807) is 17.0 Å². The van der Waals surface area contributed by atoms with Gasteiger partial charge in [-0.05, 0) is 18.4 Å². The predicted octanol–water partition coefficient (Wildman–Crippen LogP) is 1.90. The van der Waals surface area contributed by atoms with Gasteiger partial charge in [-0.1, -0.05) is 25.0 Å². The van der Waals surface area contributed by atoms with Crippen molar-refractivity contribution >= 4 is 11.6 Å². The highest BCUT2D eigenvalue weighted by molar-refractivity contribution is 5.79. The van der Waals surface area contributed by atoms with Gasteiger partial charge in [-0.15, -0.1) is 0 Å². The Bertz CT molecular complexity index is 501. The van der Waals surface area contributed by atoms with Crippen LogP contribution in [0.4, 0.5) is 5.69 Å². The molecule has 1 saturated heterocycles. The van der Waals surface area contributed by atoms with E-state index in [0.29, 0.717) is 6.54 Å². The minimum Gasteiger partial charge on any atom is -0.394 e. The topological polar surface area (TPSA) is 83.7 Å². The highest BCUT2D eigenvalue weighted by atomic mass is 16.6. The minimum atomic E-state index is -0.456. The first-order chi connectivity index (χ1) is 10.1. The van der Waals surface area contributed by atoms with Crippen LogP contribution in [0.15, 0.2) is 24.3 Å². The third kappa shape index (κ3) is 4.01. The second-order valence-corrected chi connectivity index (χ2v) is 5.37. The van der Waals surface area contributed by atoms with Crippen LogP contribution in [0, 0.1) is 10.1 Å². The van der Waals surface area contributed by atoms with Crippen LogP contribution in [0.2, 0.25) is 0 Å². The molecule has 0 bridgehead atoms. The molecule has 1 aromatic rings. The van der Waals surface area contributed by atoms with Gasteiger partial charge in [0.1, 0.15) is 0 Å². The number of nitrogens with zero attached hydrogens (tertiary/aromatic N) is 2. The zero-order valence-electron chi connectivity index (χ0n) is 11.9. The van der Waals surface area contributed by atoms with Crippen LogP contribution in [0.3, 0.4) is 0 Å². The van der Waals surface area contributed by atoms with Gasteiger partial charge in [-0.2, -0.15) is 0 Å². The van der Waals surface area contributed by atoms with Crippen molar-refractivity contribution in [3.63, 3.8) is 0 Å². The molecule has 1 aliphatic heterocycles. The number of nitro groups is 1. The van der Waals surface area contributed by atoms with Gasteiger partial charge in [0.15, 0.2) is 0 Å². The van der Waals surface area contributed by atoms with Crippen LogP contribution in [0.25, 0.3) is 0 Å². The molecule has 1 heterocycles. The number of nitro benzene ring substituents is 1. The number of rotatable bonds is 4. The van der Waals surface area contributed by atoms with E-state index < -0.39 is 4.92 Å². The van der Waals surface area contributed by atoms with Crippen LogP contribution < -0.4 is 0 Å². The standard InChI is InChI=1S/C15H20N2O4/c18-11-14-4-2-1-3-9-16(14)15(19)10-12-5-7-13(8-6-12)17(20)21/h5-8,14,18H,1-4,9-11H2. The summed E-state index contributed by atoms with van der Waals surface area (Å²) < 4.78 is 0. The zero-order chi connectivity index (χ0) is 15.2. The number of non-ortho nitro benzene ring substituents is 1. The van der Waals surface area contributed by atoms with E-state index in [-0.39, 0.29) is 30.7 Å². The maximum absolute atomic E-state index is 12.4. The number of aliphatic hydroxyl groups is 1. The molecule has 6 heteroatoms. The molecule has 1 fully saturated rings. The molecule has 0 saturated carbocycles. The van der Waals surface area contributed by atoms with E-state index in [0.717, 1.165) is 31.2 Å². The molecule has 0 radical (unpaired) electrons. The average molecular weight is 292 g/mol. The number of benzene rings is 1. The summed E-state index contributed by atoms with van der Waals surface area (Å²) in [6, 6.07) is 5.95. The summed E-state index contributed by atoms with van der Waals surface area (Å²) >= 11 is 0. The molecule has 0 aromatic heterocycles. The third-order valence-corrected chi connectivity index (χ3v) is 3.91. The molecule has 1 aliphatic rings. The third-order valence-electron chi connectivity index (χ3n) is 3.91. The van der Waals surface area contributed by atoms with Crippen LogP contribution in [0.5, 0.6) is 0 Å². The Morgan fingerprint density at radius 1 is 1.29 bits per heavy atom. The Balaban J connectivity index is 2.03. The molecule has 1 unspecified atom stereocenters. The van der Waals surface area contributed by atoms with E-state index in [2.05, 4.69) is 0 Å². The van der Waals surface area contributed by atoms with Crippen molar-refractivity contribution in [3.05, 3.63) is 39.9 Å². The van der Waals surface area contributed by atoms with Crippen LogP contribution in [-0.4, -0.2) is 40.0 Å². The van der Waals surface area contributed by atoms with Gasteiger partial charge in [-0.3, -0.25) is 14.9 Å². The summed E-state index contributed by atoms with van der Waals surface area (Å²) in [5, 5.41) is 20.0. The molecular formula is C15H20N2O4.